The molecule has 104 valence electrons. The summed E-state index contributed by atoms with van der Waals surface area (Å²) in [5.41, 5.74) is 2.25. The van der Waals surface area contributed by atoms with Crippen molar-refractivity contribution in [3.8, 4) is 0 Å². The van der Waals surface area contributed by atoms with Gasteiger partial charge in [0.25, 0.3) is 0 Å². The van der Waals surface area contributed by atoms with Crippen LogP contribution in [0.1, 0.15) is 23.5 Å². The third-order valence-corrected chi connectivity index (χ3v) is 3.60. The first-order chi connectivity index (χ1) is 9.58. The number of carbonyl (C=O) groups is 1. The Labute approximate surface area is 125 Å². The van der Waals surface area contributed by atoms with Crippen LogP contribution in [0.4, 0.5) is 0 Å². The molecule has 0 aliphatic rings. The number of benzene rings is 2. The van der Waals surface area contributed by atoms with E-state index < -0.39 is 0 Å². The molecule has 0 saturated carbocycles. The summed E-state index contributed by atoms with van der Waals surface area (Å²) in [7, 11) is 3.57. The molecular formula is C17H18ClNO. The summed E-state index contributed by atoms with van der Waals surface area (Å²) >= 11 is 5.94. The minimum Gasteiger partial charge on any atom is -0.349 e. The molecule has 0 heterocycles. The van der Waals surface area contributed by atoms with Gasteiger partial charge in [0.05, 0.1) is 0 Å². The summed E-state index contributed by atoms with van der Waals surface area (Å²) in [6.07, 6.45) is 0.457. The zero-order valence-electron chi connectivity index (χ0n) is 11.7. The number of rotatable bonds is 4. The average molecular weight is 288 g/mol. The van der Waals surface area contributed by atoms with E-state index in [0.717, 1.165) is 11.1 Å². The van der Waals surface area contributed by atoms with Crippen molar-refractivity contribution in [2.75, 3.05) is 14.1 Å². The molecule has 0 fully saturated rings. The number of nitrogens with zero attached hydrogens (tertiary/aromatic N) is 1. The number of hydrogen-bond donors (Lipinski definition) is 0. The number of hydrogen-bond acceptors (Lipinski definition) is 1. The molecule has 0 unspecified atom stereocenters. The molecule has 2 rings (SSSR count). The lowest BCUT2D eigenvalue weighted by Gasteiger charge is -2.20. The van der Waals surface area contributed by atoms with E-state index in [1.807, 2.05) is 42.5 Å². The Morgan fingerprint density at radius 2 is 1.55 bits per heavy atom. The van der Waals surface area contributed by atoms with Gasteiger partial charge >= 0.3 is 0 Å². The molecule has 0 radical (unpaired) electrons. The minimum atomic E-state index is 0.0587. The van der Waals surface area contributed by atoms with E-state index in [4.69, 9.17) is 11.6 Å². The molecule has 1 atom stereocenters. The lowest BCUT2D eigenvalue weighted by Crippen LogP contribution is -2.24. The van der Waals surface area contributed by atoms with E-state index in [0.29, 0.717) is 11.4 Å². The standard InChI is InChI=1S/C17H18ClNO/c1-19(2)17(20)12-16(13-6-4-3-5-7-13)14-8-10-15(18)11-9-14/h3-11,16H,12H2,1-2H3/t16-/m0/s1. The molecule has 0 aliphatic carbocycles. The molecular weight excluding hydrogens is 270 g/mol. The average Bonchev–Trinajstić information content (AvgIpc) is 2.46. The molecule has 2 aromatic rings. The Bertz CT molecular complexity index is 563. The first-order valence-electron chi connectivity index (χ1n) is 6.58. The van der Waals surface area contributed by atoms with Gasteiger partial charge in [-0.2, -0.15) is 0 Å². The molecule has 3 heteroatoms. The predicted octanol–water partition coefficient (Wildman–Crippen LogP) is 3.95. The fraction of sp³-hybridized carbons (Fsp3) is 0.235. The van der Waals surface area contributed by atoms with Crippen molar-refractivity contribution in [2.24, 2.45) is 0 Å². The Morgan fingerprint density at radius 3 is 2.10 bits per heavy atom. The largest absolute Gasteiger partial charge is 0.349 e. The van der Waals surface area contributed by atoms with Crippen molar-refractivity contribution in [1.29, 1.82) is 0 Å². The smallest absolute Gasteiger partial charge is 0.223 e. The van der Waals surface area contributed by atoms with Gasteiger partial charge in [-0.15, -0.1) is 0 Å². The van der Waals surface area contributed by atoms with Gasteiger partial charge in [-0.25, -0.2) is 0 Å². The first-order valence-corrected chi connectivity index (χ1v) is 6.96. The maximum absolute atomic E-state index is 12.1. The quantitative estimate of drug-likeness (QED) is 0.834. The molecule has 0 aromatic heterocycles. The summed E-state index contributed by atoms with van der Waals surface area (Å²) in [5.74, 6) is 0.178. The van der Waals surface area contributed by atoms with Gasteiger partial charge in [-0.3, -0.25) is 4.79 Å². The number of halogens is 1. The SMILES string of the molecule is CN(C)C(=O)C[C@@H](c1ccccc1)c1ccc(Cl)cc1. The molecule has 2 nitrogen and oxygen atoms in total. The number of amides is 1. The third-order valence-electron chi connectivity index (χ3n) is 3.35. The van der Waals surface area contributed by atoms with Gasteiger partial charge in [0.15, 0.2) is 0 Å². The van der Waals surface area contributed by atoms with Crippen molar-refractivity contribution in [1.82, 2.24) is 4.90 Å². The topological polar surface area (TPSA) is 20.3 Å². The third kappa shape index (κ3) is 3.61. The molecule has 20 heavy (non-hydrogen) atoms. The summed E-state index contributed by atoms with van der Waals surface area (Å²) in [4.78, 5) is 13.7. The second-order valence-corrected chi connectivity index (χ2v) is 5.44. The highest BCUT2D eigenvalue weighted by molar-refractivity contribution is 6.30. The monoisotopic (exact) mass is 287 g/mol. The second-order valence-electron chi connectivity index (χ2n) is 5.01. The highest BCUT2D eigenvalue weighted by atomic mass is 35.5. The second kappa shape index (κ2) is 6.58. The van der Waals surface area contributed by atoms with Crippen LogP contribution in [-0.4, -0.2) is 24.9 Å². The lowest BCUT2D eigenvalue weighted by atomic mass is 9.88. The van der Waals surface area contributed by atoms with Gasteiger partial charge in [-0.05, 0) is 23.3 Å². The normalized spacial score (nSPS) is 11.9. The van der Waals surface area contributed by atoms with E-state index >= 15 is 0 Å². The van der Waals surface area contributed by atoms with Crippen LogP contribution in [0.5, 0.6) is 0 Å². The van der Waals surface area contributed by atoms with Gasteiger partial charge in [0.1, 0.15) is 0 Å². The van der Waals surface area contributed by atoms with Crippen LogP contribution in [-0.2, 0) is 4.79 Å². The highest BCUT2D eigenvalue weighted by Gasteiger charge is 2.19. The van der Waals surface area contributed by atoms with Gasteiger partial charge < -0.3 is 4.90 Å². The van der Waals surface area contributed by atoms with E-state index in [9.17, 15) is 4.79 Å². The van der Waals surface area contributed by atoms with Crippen molar-refractivity contribution in [3.63, 3.8) is 0 Å². The summed E-state index contributed by atoms with van der Waals surface area (Å²) in [5, 5.41) is 0.708. The van der Waals surface area contributed by atoms with Crippen molar-refractivity contribution < 1.29 is 4.79 Å². The highest BCUT2D eigenvalue weighted by Crippen LogP contribution is 2.29. The predicted molar refractivity (Wildman–Crippen MR) is 83.0 cm³/mol. The van der Waals surface area contributed by atoms with Crippen LogP contribution in [0, 0.1) is 0 Å². The van der Waals surface area contributed by atoms with Crippen molar-refractivity contribution >= 4 is 17.5 Å². The lowest BCUT2D eigenvalue weighted by molar-refractivity contribution is -0.128. The van der Waals surface area contributed by atoms with Gasteiger partial charge in [0, 0.05) is 31.5 Å². The maximum Gasteiger partial charge on any atom is 0.223 e. The summed E-state index contributed by atoms with van der Waals surface area (Å²) < 4.78 is 0. The first kappa shape index (κ1) is 14.6. The van der Waals surface area contributed by atoms with Crippen LogP contribution < -0.4 is 0 Å². The fourth-order valence-electron chi connectivity index (χ4n) is 2.17. The van der Waals surface area contributed by atoms with Crippen LogP contribution in [0.15, 0.2) is 54.6 Å². The molecule has 0 aliphatic heterocycles. The Morgan fingerprint density at radius 1 is 1.00 bits per heavy atom. The molecule has 0 N–H and O–H groups in total. The van der Waals surface area contributed by atoms with Crippen LogP contribution in [0.2, 0.25) is 5.02 Å². The zero-order chi connectivity index (χ0) is 14.5. The van der Waals surface area contributed by atoms with E-state index in [-0.39, 0.29) is 11.8 Å². The van der Waals surface area contributed by atoms with Gasteiger partial charge in [-0.1, -0.05) is 54.1 Å². The Kier molecular flexibility index (Phi) is 4.80. The molecule has 1 amide bonds. The van der Waals surface area contributed by atoms with E-state index in [1.165, 1.54) is 0 Å². The molecule has 0 spiro atoms. The van der Waals surface area contributed by atoms with E-state index in [1.54, 1.807) is 19.0 Å². The van der Waals surface area contributed by atoms with Crippen molar-refractivity contribution in [2.45, 2.75) is 12.3 Å². The fourth-order valence-corrected chi connectivity index (χ4v) is 2.29. The van der Waals surface area contributed by atoms with E-state index in [2.05, 4.69) is 12.1 Å². The maximum atomic E-state index is 12.1. The Hall–Kier alpha value is -1.80. The van der Waals surface area contributed by atoms with Crippen LogP contribution in [0.25, 0.3) is 0 Å². The van der Waals surface area contributed by atoms with Crippen molar-refractivity contribution in [3.05, 3.63) is 70.7 Å². The molecule has 0 saturated heterocycles. The van der Waals surface area contributed by atoms with Crippen LogP contribution in [0.3, 0.4) is 0 Å². The summed E-state index contributed by atoms with van der Waals surface area (Å²) in [6.45, 7) is 0. The zero-order valence-corrected chi connectivity index (χ0v) is 12.5. The minimum absolute atomic E-state index is 0.0587. The molecule has 2 aromatic carbocycles. The van der Waals surface area contributed by atoms with Crippen LogP contribution >= 0.6 is 11.6 Å². The number of carbonyl (C=O) groups excluding carboxylic acids is 1. The van der Waals surface area contributed by atoms with Gasteiger partial charge in [0.2, 0.25) is 5.91 Å². The summed E-state index contributed by atoms with van der Waals surface area (Å²) in [6, 6.07) is 17.8. The molecule has 0 bridgehead atoms. The Balaban J connectivity index is 2.34.